The molecule has 0 aliphatic carbocycles. The van der Waals surface area contributed by atoms with Crippen LogP contribution in [0.3, 0.4) is 0 Å². The lowest BCUT2D eigenvalue weighted by molar-refractivity contribution is -0.384. The number of nitro benzene ring substituents is 1. The second-order valence-electron chi connectivity index (χ2n) is 10.2. The average molecular weight is 613 g/mol. The van der Waals surface area contributed by atoms with Gasteiger partial charge in [0.1, 0.15) is 12.1 Å². The Bertz CT molecular complexity index is 1300. The molecule has 3 atom stereocenters. The standard InChI is InChI=1S/C27H36N8O5.C2H4O2/c28-21(17-18-7-2-1-3-8-18)26(38)34-16-5-4-10-23(34)25(37)33-22(9-6-15-31-27(29)30)24(36)32-19-11-13-20(14-12-19)35(39)40;1-2(3)4/h1-3,7-8,11-14,21-23H,4-6,9-10,15-17,28H2,(H,32,36)(H,33,37)(H4,29,30,31);1H3,(H,3,4)/t21-,22+,23+;/m1./s1. The highest BCUT2D eigenvalue weighted by Crippen LogP contribution is 2.20. The molecule has 0 spiro atoms. The molecule has 1 saturated heterocycles. The van der Waals surface area contributed by atoms with E-state index < -0.39 is 40.8 Å². The number of hydrogen-bond acceptors (Lipinski definition) is 8. The number of benzene rings is 2. The lowest BCUT2D eigenvalue weighted by Gasteiger charge is -2.37. The van der Waals surface area contributed by atoms with E-state index >= 15 is 0 Å². The van der Waals surface area contributed by atoms with E-state index in [4.69, 9.17) is 27.1 Å². The lowest BCUT2D eigenvalue weighted by Crippen LogP contribution is -2.58. The number of hydrogen-bond donors (Lipinski definition) is 6. The Morgan fingerprint density at radius 2 is 1.73 bits per heavy atom. The molecule has 44 heavy (non-hydrogen) atoms. The van der Waals surface area contributed by atoms with E-state index in [0.717, 1.165) is 25.3 Å². The predicted molar refractivity (Wildman–Crippen MR) is 164 cm³/mol. The number of amides is 3. The average Bonchev–Trinajstić information content (AvgIpc) is 2.98. The fraction of sp³-hybridized carbons (Fsp3) is 0.414. The molecule has 238 valence electrons. The number of nitrogens with one attached hydrogen (secondary N) is 2. The lowest BCUT2D eigenvalue weighted by atomic mass is 9.98. The molecule has 2 aromatic carbocycles. The van der Waals surface area contributed by atoms with Gasteiger partial charge in [-0.25, -0.2) is 0 Å². The molecule has 3 amide bonds. The van der Waals surface area contributed by atoms with Gasteiger partial charge in [0.2, 0.25) is 17.7 Å². The van der Waals surface area contributed by atoms with Gasteiger partial charge in [0, 0.05) is 37.8 Å². The van der Waals surface area contributed by atoms with E-state index in [0.29, 0.717) is 31.5 Å². The zero-order valence-corrected chi connectivity index (χ0v) is 24.6. The van der Waals surface area contributed by atoms with Crippen molar-refractivity contribution in [2.75, 3.05) is 18.4 Å². The maximum Gasteiger partial charge on any atom is 0.300 e. The van der Waals surface area contributed by atoms with E-state index in [1.165, 1.54) is 29.2 Å². The number of carboxylic acids is 1. The van der Waals surface area contributed by atoms with E-state index in [2.05, 4.69) is 15.6 Å². The van der Waals surface area contributed by atoms with Crippen molar-refractivity contribution in [1.29, 1.82) is 0 Å². The van der Waals surface area contributed by atoms with Crippen molar-refractivity contribution in [3.05, 3.63) is 70.3 Å². The van der Waals surface area contributed by atoms with E-state index in [9.17, 15) is 24.5 Å². The Labute approximate surface area is 255 Å². The van der Waals surface area contributed by atoms with Gasteiger partial charge >= 0.3 is 0 Å². The van der Waals surface area contributed by atoms with Crippen molar-refractivity contribution in [3.63, 3.8) is 0 Å². The fourth-order valence-electron chi connectivity index (χ4n) is 4.57. The molecule has 15 nitrogen and oxygen atoms in total. The van der Waals surface area contributed by atoms with Gasteiger partial charge in [-0.15, -0.1) is 0 Å². The first-order valence-corrected chi connectivity index (χ1v) is 14.1. The van der Waals surface area contributed by atoms with Crippen LogP contribution in [0.25, 0.3) is 0 Å². The summed E-state index contributed by atoms with van der Waals surface area (Å²) < 4.78 is 0. The third kappa shape index (κ3) is 12.1. The topological polar surface area (TPSA) is 249 Å². The summed E-state index contributed by atoms with van der Waals surface area (Å²) in [6, 6.07) is 12.2. The Hall–Kier alpha value is -5.05. The van der Waals surface area contributed by atoms with Crippen LogP contribution in [0.5, 0.6) is 0 Å². The van der Waals surface area contributed by atoms with Gasteiger partial charge in [-0.05, 0) is 56.2 Å². The van der Waals surface area contributed by atoms with Gasteiger partial charge in [0.25, 0.3) is 11.7 Å². The van der Waals surface area contributed by atoms with Crippen LogP contribution in [0.2, 0.25) is 0 Å². The summed E-state index contributed by atoms with van der Waals surface area (Å²) in [7, 11) is 0. The van der Waals surface area contributed by atoms with Crippen molar-refractivity contribution >= 4 is 41.0 Å². The van der Waals surface area contributed by atoms with Crippen LogP contribution in [0.4, 0.5) is 11.4 Å². The van der Waals surface area contributed by atoms with Crippen molar-refractivity contribution in [2.45, 2.75) is 63.6 Å². The molecule has 0 bridgehead atoms. The normalized spacial score (nSPS) is 15.4. The molecule has 1 aliphatic heterocycles. The molecule has 0 radical (unpaired) electrons. The molecule has 1 fully saturated rings. The van der Waals surface area contributed by atoms with E-state index in [-0.39, 0.29) is 30.5 Å². The van der Waals surface area contributed by atoms with E-state index in [1.54, 1.807) is 0 Å². The Morgan fingerprint density at radius 3 is 2.32 bits per heavy atom. The van der Waals surface area contributed by atoms with E-state index in [1.807, 2.05) is 30.3 Å². The summed E-state index contributed by atoms with van der Waals surface area (Å²) in [5.74, 6) is -2.20. The minimum atomic E-state index is -0.964. The smallest absolute Gasteiger partial charge is 0.300 e. The van der Waals surface area contributed by atoms with Crippen molar-refractivity contribution in [1.82, 2.24) is 10.2 Å². The number of piperidine rings is 1. The van der Waals surface area contributed by atoms with Gasteiger partial charge in [0.05, 0.1) is 11.0 Å². The number of likely N-dealkylation sites (tertiary alicyclic amines) is 1. The monoisotopic (exact) mass is 612 g/mol. The van der Waals surface area contributed by atoms with Crippen LogP contribution in [-0.4, -0.2) is 75.8 Å². The molecule has 1 aliphatic rings. The van der Waals surface area contributed by atoms with Crippen LogP contribution in [0.15, 0.2) is 59.6 Å². The van der Waals surface area contributed by atoms with Gasteiger partial charge in [-0.1, -0.05) is 30.3 Å². The number of nitrogens with zero attached hydrogens (tertiary/aromatic N) is 3. The van der Waals surface area contributed by atoms with Crippen LogP contribution in [-0.2, 0) is 25.6 Å². The first kappa shape index (κ1) is 35.1. The summed E-state index contributed by atoms with van der Waals surface area (Å²) >= 11 is 0. The largest absolute Gasteiger partial charge is 0.481 e. The number of carbonyl (C=O) groups excluding carboxylic acids is 3. The molecule has 15 heteroatoms. The molecule has 0 unspecified atom stereocenters. The summed E-state index contributed by atoms with van der Waals surface area (Å²) in [5.41, 5.74) is 18.2. The minimum absolute atomic E-state index is 0.0841. The number of non-ortho nitro benzene ring substituents is 1. The van der Waals surface area contributed by atoms with Crippen LogP contribution < -0.4 is 27.8 Å². The van der Waals surface area contributed by atoms with Gasteiger partial charge < -0.3 is 37.8 Å². The number of nitrogens with two attached hydrogens (primary N) is 3. The third-order valence-corrected chi connectivity index (χ3v) is 6.63. The first-order chi connectivity index (χ1) is 20.9. The molecule has 9 N–H and O–H groups in total. The molecule has 2 aromatic rings. The van der Waals surface area contributed by atoms with Gasteiger partial charge in [0.15, 0.2) is 5.96 Å². The number of rotatable bonds is 12. The first-order valence-electron chi connectivity index (χ1n) is 14.1. The van der Waals surface area contributed by atoms with Crippen LogP contribution >= 0.6 is 0 Å². The summed E-state index contributed by atoms with van der Waals surface area (Å²) in [6.45, 7) is 1.73. The zero-order chi connectivity index (χ0) is 32.6. The Kier molecular flexibility index (Phi) is 14.2. The predicted octanol–water partition coefficient (Wildman–Crippen LogP) is 1.11. The second-order valence-corrected chi connectivity index (χ2v) is 10.2. The number of carboxylic acid groups (broad SMARTS) is 1. The Morgan fingerprint density at radius 1 is 1.09 bits per heavy atom. The van der Waals surface area contributed by atoms with Crippen LogP contribution in [0, 0.1) is 10.1 Å². The zero-order valence-electron chi connectivity index (χ0n) is 24.6. The maximum absolute atomic E-state index is 13.5. The highest BCUT2D eigenvalue weighted by molar-refractivity contribution is 5.98. The quantitative estimate of drug-likeness (QED) is 0.0655. The fourth-order valence-corrected chi connectivity index (χ4v) is 4.57. The number of aliphatic carboxylic acids is 1. The number of guanidine groups is 1. The number of nitro groups is 1. The molecule has 3 rings (SSSR count). The van der Waals surface area contributed by atoms with Crippen molar-refractivity contribution in [3.8, 4) is 0 Å². The molecule has 0 saturated carbocycles. The Balaban J connectivity index is 0.00000159. The van der Waals surface area contributed by atoms with Crippen molar-refractivity contribution < 1.29 is 29.2 Å². The number of aliphatic imine (C=N–C) groups is 1. The molecule has 0 aromatic heterocycles. The molecular formula is C29H40N8O7. The second kappa shape index (κ2) is 17.8. The van der Waals surface area contributed by atoms with Gasteiger partial charge in [-0.3, -0.25) is 34.3 Å². The number of carbonyl (C=O) groups is 4. The molecule has 1 heterocycles. The SMILES string of the molecule is CC(=O)O.NC(N)=NCCC[C@H](NC(=O)[C@@H]1CCCCN1C(=O)[C@H](N)Cc1ccccc1)C(=O)Nc1ccc([N+](=O)[O-])cc1. The van der Waals surface area contributed by atoms with Gasteiger partial charge in [-0.2, -0.15) is 0 Å². The highest BCUT2D eigenvalue weighted by Gasteiger charge is 2.36. The number of anilines is 1. The highest BCUT2D eigenvalue weighted by atomic mass is 16.6. The maximum atomic E-state index is 13.5. The molecular weight excluding hydrogens is 572 g/mol. The van der Waals surface area contributed by atoms with Crippen LogP contribution in [0.1, 0.15) is 44.6 Å². The minimum Gasteiger partial charge on any atom is -0.481 e. The summed E-state index contributed by atoms with van der Waals surface area (Å²) in [5, 5.41) is 23.8. The van der Waals surface area contributed by atoms with Crippen molar-refractivity contribution in [2.24, 2.45) is 22.2 Å². The third-order valence-electron chi connectivity index (χ3n) is 6.63. The summed E-state index contributed by atoms with van der Waals surface area (Å²) in [6.07, 6.45) is 2.90. The summed E-state index contributed by atoms with van der Waals surface area (Å²) in [4.78, 5) is 64.7.